The summed E-state index contributed by atoms with van der Waals surface area (Å²) in [4.78, 5) is 25.5. The average molecular weight is 388 g/mol. The highest BCUT2D eigenvalue weighted by Gasteiger charge is 2.25. The van der Waals surface area contributed by atoms with Crippen LogP contribution in [0.2, 0.25) is 0 Å². The van der Waals surface area contributed by atoms with Gasteiger partial charge in [0.1, 0.15) is 19.1 Å². The molecule has 5 heteroatoms. The molecule has 4 rings (SSSR count). The van der Waals surface area contributed by atoms with Gasteiger partial charge in [-0.25, -0.2) is 0 Å². The Morgan fingerprint density at radius 2 is 1.38 bits per heavy atom. The number of carbonyl (C=O) groups excluding carboxylic acids is 2. The van der Waals surface area contributed by atoms with E-state index in [1.807, 2.05) is 60.7 Å². The molecule has 146 valence electrons. The second-order valence-corrected chi connectivity index (χ2v) is 6.64. The molecule has 0 aliphatic carbocycles. The molecule has 1 heterocycles. The molecule has 1 aliphatic heterocycles. The zero-order valence-electron chi connectivity index (χ0n) is 15.7. The van der Waals surface area contributed by atoms with Crippen LogP contribution in [0.1, 0.15) is 27.4 Å². The average Bonchev–Trinajstić information content (AvgIpc) is 2.79. The summed E-state index contributed by atoms with van der Waals surface area (Å²) in [6.45, 7) is 0.586. The lowest BCUT2D eigenvalue weighted by atomic mass is 9.91. The van der Waals surface area contributed by atoms with E-state index in [1.54, 1.807) is 18.2 Å². The molecule has 0 atom stereocenters. The fourth-order valence-electron chi connectivity index (χ4n) is 3.28. The van der Waals surface area contributed by atoms with Gasteiger partial charge in [0.15, 0.2) is 23.9 Å². The fourth-order valence-corrected chi connectivity index (χ4v) is 3.28. The van der Waals surface area contributed by atoms with Gasteiger partial charge < -0.3 is 14.2 Å². The summed E-state index contributed by atoms with van der Waals surface area (Å²) in [5.41, 5.74) is 2.05. The number of ketones is 1. The van der Waals surface area contributed by atoms with Crippen molar-refractivity contribution in [2.75, 3.05) is 19.8 Å². The second-order valence-electron chi connectivity index (χ2n) is 6.64. The molecular formula is C24H20O5. The number of ether oxygens (including phenoxy) is 3. The van der Waals surface area contributed by atoms with Gasteiger partial charge in [0, 0.05) is 5.56 Å². The minimum atomic E-state index is -0.592. The Kier molecular flexibility index (Phi) is 5.56. The van der Waals surface area contributed by atoms with E-state index < -0.39 is 11.9 Å². The van der Waals surface area contributed by atoms with Gasteiger partial charge in [-0.15, -0.1) is 0 Å². The van der Waals surface area contributed by atoms with Crippen LogP contribution >= 0.6 is 0 Å². The minimum Gasteiger partial charge on any atom is -0.486 e. The minimum absolute atomic E-state index is 0.296. The van der Waals surface area contributed by atoms with E-state index in [0.717, 1.165) is 11.1 Å². The molecule has 0 spiro atoms. The summed E-state index contributed by atoms with van der Waals surface area (Å²) in [5.74, 6) is -0.216. The van der Waals surface area contributed by atoms with Crippen LogP contribution in [-0.4, -0.2) is 31.6 Å². The maximum absolute atomic E-state index is 12.9. The predicted octanol–water partition coefficient (Wildman–Crippen LogP) is 4.02. The number of esters is 1. The first-order valence-electron chi connectivity index (χ1n) is 9.42. The first kappa shape index (κ1) is 18.7. The van der Waals surface area contributed by atoms with Gasteiger partial charge in [0.25, 0.3) is 0 Å². The number of fused-ring (bicyclic) bond motifs is 1. The van der Waals surface area contributed by atoms with Crippen LogP contribution in [0.25, 0.3) is 0 Å². The van der Waals surface area contributed by atoms with Gasteiger partial charge in [-0.3, -0.25) is 9.59 Å². The second kappa shape index (κ2) is 8.61. The summed E-state index contributed by atoms with van der Waals surface area (Å²) in [5, 5.41) is 0. The van der Waals surface area contributed by atoms with E-state index in [1.165, 1.54) is 0 Å². The molecule has 0 saturated heterocycles. The third-order valence-corrected chi connectivity index (χ3v) is 4.71. The molecule has 0 aromatic heterocycles. The van der Waals surface area contributed by atoms with Crippen molar-refractivity contribution in [3.05, 3.63) is 95.6 Å². The zero-order valence-corrected chi connectivity index (χ0v) is 15.7. The largest absolute Gasteiger partial charge is 0.486 e. The summed E-state index contributed by atoms with van der Waals surface area (Å²) >= 11 is 0. The number of hydrogen-bond acceptors (Lipinski definition) is 5. The Balaban J connectivity index is 1.49. The van der Waals surface area contributed by atoms with E-state index in [9.17, 15) is 9.59 Å². The maximum atomic E-state index is 12.9. The predicted molar refractivity (Wildman–Crippen MR) is 107 cm³/mol. The lowest BCUT2D eigenvalue weighted by Crippen LogP contribution is -2.21. The molecule has 0 radical (unpaired) electrons. The van der Waals surface area contributed by atoms with Gasteiger partial charge >= 0.3 is 5.97 Å². The Hall–Kier alpha value is -3.60. The lowest BCUT2D eigenvalue weighted by molar-refractivity contribution is -0.143. The van der Waals surface area contributed by atoms with Crippen molar-refractivity contribution in [3.63, 3.8) is 0 Å². The van der Waals surface area contributed by atoms with E-state index in [2.05, 4.69) is 0 Å². The monoisotopic (exact) mass is 388 g/mol. The third-order valence-electron chi connectivity index (χ3n) is 4.71. The highest BCUT2D eigenvalue weighted by Crippen LogP contribution is 2.31. The SMILES string of the molecule is O=C(COC(=O)C(c1ccccc1)c1ccccc1)c1ccc2c(c1)OCCO2. The van der Waals surface area contributed by atoms with Crippen molar-refractivity contribution >= 4 is 11.8 Å². The Morgan fingerprint density at radius 1 is 0.793 bits per heavy atom. The van der Waals surface area contributed by atoms with E-state index in [-0.39, 0.29) is 12.4 Å². The van der Waals surface area contributed by atoms with Crippen LogP contribution in [0.4, 0.5) is 0 Å². The van der Waals surface area contributed by atoms with E-state index in [0.29, 0.717) is 30.3 Å². The molecule has 29 heavy (non-hydrogen) atoms. The van der Waals surface area contributed by atoms with Crippen molar-refractivity contribution in [2.45, 2.75) is 5.92 Å². The number of benzene rings is 3. The molecule has 0 N–H and O–H groups in total. The smallest absolute Gasteiger partial charge is 0.318 e. The number of Topliss-reactive ketones (excluding diaryl/α,β-unsaturated/α-hetero) is 1. The molecule has 0 bridgehead atoms. The van der Waals surface area contributed by atoms with Gasteiger partial charge in [0.2, 0.25) is 0 Å². The highest BCUT2D eigenvalue weighted by atomic mass is 16.6. The third kappa shape index (κ3) is 4.29. The topological polar surface area (TPSA) is 61.8 Å². The Labute approximate surface area is 168 Å². The van der Waals surface area contributed by atoms with E-state index >= 15 is 0 Å². The van der Waals surface area contributed by atoms with Crippen molar-refractivity contribution < 1.29 is 23.8 Å². The molecule has 0 fully saturated rings. The molecular weight excluding hydrogens is 368 g/mol. The summed E-state index contributed by atoms with van der Waals surface area (Å²) < 4.78 is 16.4. The van der Waals surface area contributed by atoms with Crippen LogP contribution in [-0.2, 0) is 9.53 Å². The quantitative estimate of drug-likeness (QED) is 0.472. The Bertz CT molecular complexity index is 959. The molecule has 5 nitrogen and oxygen atoms in total. The first-order chi connectivity index (χ1) is 14.2. The number of rotatable bonds is 6. The van der Waals surface area contributed by atoms with Gasteiger partial charge in [-0.2, -0.15) is 0 Å². The van der Waals surface area contributed by atoms with Crippen LogP contribution in [0.3, 0.4) is 0 Å². The van der Waals surface area contributed by atoms with Crippen molar-refractivity contribution in [3.8, 4) is 11.5 Å². The molecule has 3 aromatic carbocycles. The van der Waals surface area contributed by atoms with Crippen LogP contribution < -0.4 is 9.47 Å². The lowest BCUT2D eigenvalue weighted by Gasteiger charge is -2.19. The van der Waals surface area contributed by atoms with Crippen LogP contribution in [0, 0.1) is 0 Å². The van der Waals surface area contributed by atoms with Crippen LogP contribution in [0.15, 0.2) is 78.9 Å². The summed E-state index contributed by atoms with van der Waals surface area (Å²) in [7, 11) is 0. The molecule has 0 saturated carbocycles. The van der Waals surface area contributed by atoms with E-state index in [4.69, 9.17) is 14.2 Å². The van der Waals surface area contributed by atoms with Crippen molar-refractivity contribution in [1.29, 1.82) is 0 Å². The fraction of sp³-hybridized carbons (Fsp3) is 0.167. The zero-order chi connectivity index (χ0) is 20.1. The van der Waals surface area contributed by atoms with Crippen molar-refractivity contribution in [1.82, 2.24) is 0 Å². The summed E-state index contributed by atoms with van der Waals surface area (Å²) in [6, 6.07) is 23.7. The standard InChI is InChI=1S/C24H20O5/c25-20(19-11-12-21-22(15-19)28-14-13-27-21)16-29-24(26)23(17-7-3-1-4-8-17)18-9-5-2-6-10-18/h1-12,15,23H,13-14,16H2. The van der Waals surface area contributed by atoms with Crippen molar-refractivity contribution in [2.24, 2.45) is 0 Å². The molecule has 3 aromatic rings. The number of carbonyl (C=O) groups is 2. The molecule has 0 amide bonds. The van der Waals surface area contributed by atoms with Crippen LogP contribution in [0.5, 0.6) is 11.5 Å². The Morgan fingerprint density at radius 3 is 2.00 bits per heavy atom. The van der Waals surface area contributed by atoms with Gasteiger partial charge in [0.05, 0.1) is 0 Å². The molecule has 0 unspecified atom stereocenters. The number of hydrogen-bond donors (Lipinski definition) is 0. The molecule has 1 aliphatic rings. The van der Waals surface area contributed by atoms with Gasteiger partial charge in [-0.05, 0) is 29.3 Å². The first-order valence-corrected chi connectivity index (χ1v) is 9.42. The maximum Gasteiger partial charge on any atom is 0.318 e. The highest BCUT2D eigenvalue weighted by molar-refractivity contribution is 5.99. The normalized spacial score (nSPS) is 12.4. The van der Waals surface area contributed by atoms with Gasteiger partial charge in [-0.1, -0.05) is 60.7 Å². The summed E-state index contributed by atoms with van der Waals surface area (Å²) in [6.07, 6.45) is 0.